The van der Waals surface area contributed by atoms with Crippen molar-refractivity contribution in [3.05, 3.63) is 71.8 Å². The Morgan fingerprint density at radius 3 is 2.34 bits per heavy atom. The lowest BCUT2D eigenvalue weighted by Crippen LogP contribution is -2.62. The molecule has 1 heterocycles. The molecule has 1 fully saturated rings. The van der Waals surface area contributed by atoms with Crippen LogP contribution in [0.1, 0.15) is 15.9 Å². The summed E-state index contributed by atoms with van der Waals surface area (Å²) in [6.07, 6.45) is -10.9. The van der Waals surface area contributed by atoms with Crippen molar-refractivity contribution in [1.82, 2.24) is 0 Å². The van der Waals surface area contributed by atoms with Crippen molar-refractivity contribution in [3.8, 4) is 11.5 Å². The molecule has 4 rings (SSSR count). The van der Waals surface area contributed by atoms with Crippen LogP contribution in [-0.4, -0.2) is 109 Å². The Bertz CT molecular complexity index is 1300. The highest BCUT2D eigenvalue weighted by Crippen LogP contribution is 2.31. The molecule has 0 unspecified atom stereocenters. The SMILES string of the molecule is O=C(OC[C@@H]1O[C@H](Oc2ccc(O)cc2COC(=O)[C@@]2(O)[C@H](O)C=CC(=O)[C@@H]2O)[C@@H](O)[C@H](O)[C@H]1O)c1ccccc1. The molecule has 14 nitrogen and oxygen atoms in total. The molecule has 14 heteroatoms. The summed E-state index contributed by atoms with van der Waals surface area (Å²) in [6.45, 7) is -1.25. The minimum Gasteiger partial charge on any atom is -0.508 e. The van der Waals surface area contributed by atoms with Crippen LogP contribution in [0.15, 0.2) is 60.7 Å². The largest absolute Gasteiger partial charge is 0.508 e. The third kappa shape index (κ3) is 6.23. The average Bonchev–Trinajstić information content (AvgIpc) is 2.97. The van der Waals surface area contributed by atoms with Gasteiger partial charge in [-0.1, -0.05) is 18.2 Å². The fraction of sp³-hybridized carbons (Fsp3) is 0.370. The number of benzene rings is 2. The molecule has 0 spiro atoms. The molecular weight excluding hydrogens is 548 g/mol. The molecule has 0 saturated carbocycles. The minimum atomic E-state index is -3.00. The molecule has 2 aromatic rings. The molecule has 0 amide bonds. The van der Waals surface area contributed by atoms with E-state index in [1.54, 1.807) is 18.2 Å². The molecule has 2 aromatic carbocycles. The smallest absolute Gasteiger partial charge is 0.344 e. The van der Waals surface area contributed by atoms with Gasteiger partial charge in [-0.15, -0.1) is 0 Å². The third-order valence-corrected chi connectivity index (χ3v) is 6.61. The standard InChI is InChI=1S/C27H28O14/c28-15-6-8-17(14(10-15)11-39-26(36)27(37)19(30)9-7-16(29)23(27)34)40-25-22(33)21(32)20(31)18(41-25)12-38-24(35)13-4-2-1-3-5-13/h1-10,18-23,25,28,30-34,37H,11-12H2/t18-,19+,20-,21+,22-,23-,25-,27+/m0/s1. The van der Waals surface area contributed by atoms with E-state index in [1.807, 2.05) is 0 Å². The minimum absolute atomic E-state index is 0.0629. The van der Waals surface area contributed by atoms with Crippen LogP contribution in [-0.2, 0) is 30.4 Å². The van der Waals surface area contributed by atoms with Gasteiger partial charge in [-0.25, -0.2) is 9.59 Å². The summed E-state index contributed by atoms with van der Waals surface area (Å²) in [4.78, 5) is 36.6. The fourth-order valence-electron chi connectivity index (χ4n) is 4.18. The molecule has 0 bridgehead atoms. The van der Waals surface area contributed by atoms with Crippen LogP contribution in [0.5, 0.6) is 11.5 Å². The molecule has 2 aliphatic rings. The molecule has 1 aliphatic carbocycles. The number of esters is 2. The second-order valence-corrected chi connectivity index (χ2v) is 9.40. The number of phenolic OH excluding ortho intramolecular Hbond substituents is 1. The van der Waals surface area contributed by atoms with Gasteiger partial charge >= 0.3 is 11.9 Å². The summed E-state index contributed by atoms with van der Waals surface area (Å²) < 4.78 is 21.4. The number of hydrogen-bond acceptors (Lipinski definition) is 14. The van der Waals surface area contributed by atoms with E-state index in [0.717, 1.165) is 18.2 Å². The van der Waals surface area contributed by atoms with Gasteiger partial charge < -0.3 is 54.7 Å². The van der Waals surface area contributed by atoms with E-state index >= 15 is 0 Å². The van der Waals surface area contributed by atoms with Crippen molar-refractivity contribution >= 4 is 17.7 Å². The Hall–Kier alpha value is -3.89. The summed E-state index contributed by atoms with van der Waals surface area (Å²) in [5.74, 6) is -3.80. The lowest BCUT2D eigenvalue weighted by molar-refractivity contribution is -0.277. The molecule has 7 N–H and O–H groups in total. The van der Waals surface area contributed by atoms with Crippen LogP contribution in [0.2, 0.25) is 0 Å². The first-order chi connectivity index (χ1) is 19.4. The van der Waals surface area contributed by atoms with E-state index in [4.69, 9.17) is 18.9 Å². The zero-order valence-corrected chi connectivity index (χ0v) is 21.2. The van der Waals surface area contributed by atoms with Crippen molar-refractivity contribution in [2.24, 2.45) is 0 Å². The van der Waals surface area contributed by atoms with Crippen LogP contribution in [0, 0.1) is 0 Å². The number of ketones is 1. The molecule has 1 aliphatic heterocycles. The predicted molar refractivity (Wildman–Crippen MR) is 133 cm³/mol. The molecule has 1 saturated heterocycles. The van der Waals surface area contributed by atoms with Crippen molar-refractivity contribution in [3.63, 3.8) is 0 Å². The monoisotopic (exact) mass is 576 g/mol. The van der Waals surface area contributed by atoms with Crippen LogP contribution >= 0.6 is 0 Å². The summed E-state index contributed by atoms with van der Waals surface area (Å²) in [5, 5.41) is 71.6. The number of rotatable bonds is 8. The number of aliphatic hydroxyl groups excluding tert-OH is 5. The van der Waals surface area contributed by atoms with Crippen LogP contribution < -0.4 is 4.74 Å². The van der Waals surface area contributed by atoms with E-state index in [9.17, 15) is 50.1 Å². The number of aromatic hydroxyl groups is 1. The zero-order chi connectivity index (χ0) is 29.9. The van der Waals surface area contributed by atoms with Crippen molar-refractivity contribution in [2.75, 3.05) is 6.61 Å². The number of carbonyl (C=O) groups excluding carboxylic acids is 3. The van der Waals surface area contributed by atoms with Gasteiger partial charge in [0.1, 0.15) is 55.2 Å². The average molecular weight is 577 g/mol. The molecule has 0 radical (unpaired) electrons. The predicted octanol–water partition coefficient (Wildman–Crippen LogP) is -1.93. The van der Waals surface area contributed by atoms with E-state index < -0.39 is 79.5 Å². The van der Waals surface area contributed by atoms with Gasteiger partial charge in [0.2, 0.25) is 11.9 Å². The van der Waals surface area contributed by atoms with E-state index in [0.29, 0.717) is 0 Å². The summed E-state index contributed by atoms with van der Waals surface area (Å²) in [5.41, 5.74) is -2.84. The van der Waals surface area contributed by atoms with Gasteiger partial charge in [-0.05, 0) is 42.5 Å². The Morgan fingerprint density at radius 2 is 1.63 bits per heavy atom. The summed E-state index contributed by atoms with van der Waals surface area (Å²) in [7, 11) is 0. The number of hydrogen-bond donors (Lipinski definition) is 7. The maximum absolute atomic E-state index is 12.6. The quantitative estimate of drug-likeness (QED) is 0.170. The second kappa shape index (κ2) is 12.3. The maximum Gasteiger partial charge on any atom is 0.344 e. The normalized spacial score (nSPS) is 31.4. The van der Waals surface area contributed by atoms with Gasteiger partial charge in [-0.3, -0.25) is 4.79 Å². The zero-order valence-electron chi connectivity index (χ0n) is 21.2. The Morgan fingerprint density at radius 1 is 0.927 bits per heavy atom. The summed E-state index contributed by atoms with van der Waals surface area (Å²) >= 11 is 0. The van der Waals surface area contributed by atoms with E-state index in [-0.39, 0.29) is 22.6 Å². The Kier molecular flexibility index (Phi) is 9.04. The van der Waals surface area contributed by atoms with Gasteiger partial charge in [0, 0.05) is 5.56 Å². The lowest BCUT2D eigenvalue weighted by Gasteiger charge is -2.40. The Balaban J connectivity index is 1.46. The topological polar surface area (TPSA) is 230 Å². The highest BCUT2D eigenvalue weighted by atomic mass is 16.7. The lowest BCUT2D eigenvalue weighted by atomic mass is 9.83. The van der Waals surface area contributed by atoms with Crippen molar-refractivity contribution in [1.29, 1.82) is 0 Å². The number of carbonyl (C=O) groups is 3. The maximum atomic E-state index is 12.6. The highest BCUT2D eigenvalue weighted by molar-refractivity contribution is 6.01. The first-order valence-corrected chi connectivity index (χ1v) is 12.3. The third-order valence-electron chi connectivity index (χ3n) is 6.61. The number of aliphatic hydroxyl groups is 6. The molecule has 0 aromatic heterocycles. The van der Waals surface area contributed by atoms with Gasteiger partial charge in [-0.2, -0.15) is 0 Å². The van der Waals surface area contributed by atoms with Crippen LogP contribution in [0.4, 0.5) is 0 Å². The molecule has 8 atom stereocenters. The van der Waals surface area contributed by atoms with E-state index in [1.165, 1.54) is 24.3 Å². The first-order valence-electron chi connectivity index (χ1n) is 12.3. The summed E-state index contributed by atoms with van der Waals surface area (Å²) in [6, 6.07) is 11.4. The van der Waals surface area contributed by atoms with Gasteiger partial charge in [0.25, 0.3) is 0 Å². The van der Waals surface area contributed by atoms with Crippen LogP contribution in [0.3, 0.4) is 0 Å². The van der Waals surface area contributed by atoms with Gasteiger partial charge in [0.15, 0.2) is 11.9 Å². The number of ether oxygens (including phenoxy) is 4. The number of phenols is 1. The van der Waals surface area contributed by atoms with Crippen molar-refractivity contribution in [2.45, 2.75) is 55.1 Å². The van der Waals surface area contributed by atoms with E-state index in [2.05, 4.69) is 0 Å². The second-order valence-electron chi connectivity index (χ2n) is 9.40. The van der Waals surface area contributed by atoms with Crippen molar-refractivity contribution < 1.29 is 69.1 Å². The Labute approximate surface area is 232 Å². The molecule has 220 valence electrons. The highest BCUT2D eigenvalue weighted by Gasteiger charge is 2.55. The first kappa shape index (κ1) is 30.1. The van der Waals surface area contributed by atoms with Gasteiger partial charge in [0.05, 0.1) is 5.56 Å². The fourth-order valence-corrected chi connectivity index (χ4v) is 4.18. The molecular formula is C27H28O14. The molecule has 41 heavy (non-hydrogen) atoms. The van der Waals surface area contributed by atoms with Crippen LogP contribution in [0.25, 0.3) is 0 Å².